The molecule has 0 aliphatic rings. The summed E-state index contributed by atoms with van der Waals surface area (Å²) >= 11 is 0. The van der Waals surface area contributed by atoms with Gasteiger partial charge in [-0.15, -0.1) is 0 Å². The molecule has 1 rings (SSSR count). The van der Waals surface area contributed by atoms with Crippen molar-refractivity contribution in [3.05, 3.63) is 29.8 Å². The van der Waals surface area contributed by atoms with Crippen LogP contribution in [0.1, 0.15) is 31.4 Å². The smallest absolute Gasteiger partial charge is 0.125 e. The molecule has 3 nitrogen and oxygen atoms in total. The van der Waals surface area contributed by atoms with Crippen LogP contribution >= 0.6 is 0 Å². The van der Waals surface area contributed by atoms with Crippen molar-refractivity contribution in [2.45, 2.75) is 25.9 Å². The Morgan fingerprint density at radius 1 is 1.29 bits per heavy atom. The zero-order chi connectivity index (χ0) is 12.7. The molecule has 0 aliphatic carbocycles. The molecule has 3 heteroatoms. The second kappa shape index (κ2) is 7.30. The van der Waals surface area contributed by atoms with Crippen molar-refractivity contribution in [3.63, 3.8) is 0 Å². The topological polar surface area (TPSA) is 32.7 Å². The normalized spacial score (nSPS) is 12.8. The summed E-state index contributed by atoms with van der Waals surface area (Å²) in [6, 6.07) is 7.72. The summed E-state index contributed by atoms with van der Waals surface area (Å²) in [6.45, 7) is 3.66. The third-order valence-electron chi connectivity index (χ3n) is 2.67. The molecule has 1 aromatic carbocycles. The molecule has 0 saturated heterocycles. The van der Waals surface area contributed by atoms with E-state index in [1.54, 1.807) is 0 Å². The van der Waals surface area contributed by atoms with Crippen molar-refractivity contribution in [2.75, 3.05) is 27.2 Å². The van der Waals surface area contributed by atoms with E-state index in [0.29, 0.717) is 13.0 Å². The average molecular weight is 237 g/mol. The van der Waals surface area contributed by atoms with Gasteiger partial charge in [0.05, 0.1) is 12.7 Å². The van der Waals surface area contributed by atoms with E-state index < -0.39 is 6.10 Å². The highest BCUT2D eigenvalue weighted by Crippen LogP contribution is 2.26. The minimum atomic E-state index is -0.431. The molecule has 0 amide bonds. The summed E-state index contributed by atoms with van der Waals surface area (Å²) in [5.41, 5.74) is 0.889. The number of para-hydroxylation sites is 1. The lowest BCUT2D eigenvalue weighted by atomic mass is 10.1. The summed E-state index contributed by atoms with van der Waals surface area (Å²) in [6.07, 6.45) is 1.27. The van der Waals surface area contributed by atoms with Gasteiger partial charge >= 0.3 is 0 Å². The fourth-order valence-corrected chi connectivity index (χ4v) is 1.67. The number of nitrogens with zero attached hydrogens (tertiary/aromatic N) is 1. The van der Waals surface area contributed by atoms with Gasteiger partial charge < -0.3 is 14.7 Å². The highest BCUT2D eigenvalue weighted by Gasteiger charge is 2.10. The molecule has 0 unspecified atom stereocenters. The third-order valence-corrected chi connectivity index (χ3v) is 2.67. The summed E-state index contributed by atoms with van der Waals surface area (Å²) in [4.78, 5) is 2.14. The number of ether oxygens (including phenoxy) is 1. The number of benzene rings is 1. The maximum absolute atomic E-state index is 9.87. The monoisotopic (exact) mass is 237 g/mol. The van der Waals surface area contributed by atoms with Crippen LogP contribution in [0.3, 0.4) is 0 Å². The lowest BCUT2D eigenvalue weighted by Gasteiger charge is -2.15. The highest BCUT2D eigenvalue weighted by molar-refractivity contribution is 5.34. The molecule has 1 atom stereocenters. The van der Waals surface area contributed by atoms with E-state index in [0.717, 1.165) is 24.3 Å². The summed E-state index contributed by atoms with van der Waals surface area (Å²) in [5.74, 6) is 0.806. The van der Waals surface area contributed by atoms with Crippen molar-refractivity contribution in [1.29, 1.82) is 0 Å². The minimum absolute atomic E-state index is 0.431. The highest BCUT2D eigenvalue weighted by atomic mass is 16.5. The van der Waals surface area contributed by atoms with Crippen molar-refractivity contribution in [1.82, 2.24) is 4.90 Å². The van der Waals surface area contributed by atoms with Crippen LogP contribution in [0, 0.1) is 0 Å². The maximum Gasteiger partial charge on any atom is 0.125 e. The average Bonchev–Trinajstić information content (AvgIpc) is 2.34. The first kappa shape index (κ1) is 14.0. The van der Waals surface area contributed by atoms with Gasteiger partial charge in [0.15, 0.2) is 0 Å². The Bertz CT molecular complexity index is 326. The molecule has 17 heavy (non-hydrogen) atoms. The fourth-order valence-electron chi connectivity index (χ4n) is 1.67. The van der Waals surface area contributed by atoms with Gasteiger partial charge in [0.25, 0.3) is 0 Å². The molecule has 0 bridgehead atoms. The molecule has 0 saturated carbocycles. The van der Waals surface area contributed by atoms with E-state index in [9.17, 15) is 5.11 Å². The second-order valence-corrected chi connectivity index (χ2v) is 4.47. The maximum atomic E-state index is 9.87. The molecule has 0 aliphatic heterocycles. The van der Waals surface area contributed by atoms with Gasteiger partial charge in [-0.1, -0.05) is 25.1 Å². The largest absolute Gasteiger partial charge is 0.493 e. The van der Waals surface area contributed by atoms with Crippen molar-refractivity contribution < 1.29 is 9.84 Å². The number of rotatable bonds is 7. The number of hydrogen-bond acceptors (Lipinski definition) is 3. The van der Waals surface area contributed by atoms with Crippen LogP contribution in [0.2, 0.25) is 0 Å². The molecule has 1 aromatic rings. The Morgan fingerprint density at radius 3 is 2.65 bits per heavy atom. The van der Waals surface area contributed by atoms with E-state index in [1.165, 1.54) is 0 Å². The Morgan fingerprint density at radius 2 is 2.00 bits per heavy atom. The Kier molecular flexibility index (Phi) is 6.01. The third kappa shape index (κ3) is 4.75. The molecule has 1 N–H and O–H groups in total. The molecule has 0 aromatic heterocycles. The van der Waals surface area contributed by atoms with Crippen LogP contribution in [0.5, 0.6) is 5.75 Å². The number of hydrogen-bond donors (Lipinski definition) is 1. The molecule has 0 fully saturated rings. The van der Waals surface area contributed by atoms with Crippen molar-refractivity contribution >= 4 is 0 Å². The Balaban J connectivity index is 2.52. The van der Waals surface area contributed by atoms with Crippen LogP contribution in [-0.2, 0) is 0 Å². The summed E-state index contributed by atoms with van der Waals surface area (Å²) in [7, 11) is 4.10. The zero-order valence-electron chi connectivity index (χ0n) is 11.0. The van der Waals surface area contributed by atoms with Gasteiger partial charge in [-0.05, 0) is 33.0 Å². The van der Waals surface area contributed by atoms with E-state index in [4.69, 9.17) is 4.74 Å². The van der Waals surface area contributed by atoms with Crippen LogP contribution in [0.15, 0.2) is 24.3 Å². The van der Waals surface area contributed by atoms with Crippen LogP contribution in [-0.4, -0.2) is 37.3 Å². The predicted molar refractivity (Wildman–Crippen MR) is 70.4 cm³/mol. The SMILES string of the molecule is CC[C@@H](O)c1ccccc1OCCCN(C)C. The lowest BCUT2D eigenvalue weighted by Crippen LogP contribution is -2.15. The fraction of sp³-hybridized carbons (Fsp3) is 0.571. The number of aliphatic hydroxyl groups is 1. The van der Waals surface area contributed by atoms with Gasteiger partial charge in [-0.2, -0.15) is 0 Å². The quantitative estimate of drug-likeness (QED) is 0.739. The first-order valence-corrected chi connectivity index (χ1v) is 6.19. The first-order valence-electron chi connectivity index (χ1n) is 6.19. The van der Waals surface area contributed by atoms with E-state index in [1.807, 2.05) is 31.2 Å². The molecule has 96 valence electrons. The molecule has 0 radical (unpaired) electrons. The van der Waals surface area contributed by atoms with Gasteiger partial charge in [-0.3, -0.25) is 0 Å². The van der Waals surface area contributed by atoms with Gasteiger partial charge in [0, 0.05) is 12.1 Å². The number of aliphatic hydroxyl groups excluding tert-OH is 1. The first-order chi connectivity index (χ1) is 8.15. The molecular formula is C14H23NO2. The standard InChI is InChI=1S/C14H23NO2/c1-4-13(16)12-8-5-6-9-14(12)17-11-7-10-15(2)3/h5-6,8-9,13,16H,4,7,10-11H2,1-3H3/t13-/m1/s1. The van der Waals surface area contributed by atoms with Gasteiger partial charge in [-0.25, -0.2) is 0 Å². The van der Waals surface area contributed by atoms with Crippen molar-refractivity contribution in [3.8, 4) is 5.75 Å². The molecule has 0 heterocycles. The molecular weight excluding hydrogens is 214 g/mol. The molecule has 0 spiro atoms. The minimum Gasteiger partial charge on any atom is -0.493 e. The van der Waals surface area contributed by atoms with Crippen LogP contribution < -0.4 is 4.74 Å². The van der Waals surface area contributed by atoms with Crippen molar-refractivity contribution in [2.24, 2.45) is 0 Å². The summed E-state index contributed by atoms with van der Waals surface area (Å²) in [5, 5.41) is 9.87. The second-order valence-electron chi connectivity index (χ2n) is 4.47. The van der Waals surface area contributed by atoms with E-state index in [-0.39, 0.29) is 0 Å². The van der Waals surface area contributed by atoms with Gasteiger partial charge in [0.1, 0.15) is 5.75 Å². The lowest BCUT2D eigenvalue weighted by molar-refractivity contribution is 0.166. The van der Waals surface area contributed by atoms with Crippen LogP contribution in [0.25, 0.3) is 0 Å². The van der Waals surface area contributed by atoms with Gasteiger partial charge in [0.2, 0.25) is 0 Å². The van der Waals surface area contributed by atoms with E-state index in [2.05, 4.69) is 19.0 Å². The van der Waals surface area contributed by atoms with Crippen LogP contribution in [0.4, 0.5) is 0 Å². The summed E-state index contributed by atoms with van der Waals surface area (Å²) < 4.78 is 5.72. The Hall–Kier alpha value is -1.06. The predicted octanol–water partition coefficient (Wildman–Crippen LogP) is 2.46. The zero-order valence-corrected chi connectivity index (χ0v) is 11.0. The van der Waals surface area contributed by atoms with E-state index >= 15 is 0 Å². The Labute approximate surface area is 104 Å².